The van der Waals surface area contributed by atoms with Gasteiger partial charge < -0.3 is 15.1 Å². The lowest BCUT2D eigenvalue weighted by Crippen LogP contribution is -2.58. The molecule has 0 amide bonds. The van der Waals surface area contributed by atoms with Gasteiger partial charge in [-0.1, -0.05) is 38.1 Å². The normalized spacial score (nSPS) is 16.2. The molecule has 0 aliphatic carbocycles. The van der Waals surface area contributed by atoms with Crippen molar-refractivity contribution >= 4 is 49.6 Å². The lowest BCUT2D eigenvalue weighted by molar-refractivity contribution is 0.227. The average Bonchev–Trinajstić information content (AvgIpc) is 2.92. The van der Waals surface area contributed by atoms with E-state index >= 15 is 0 Å². The van der Waals surface area contributed by atoms with Crippen molar-refractivity contribution in [3.05, 3.63) is 72.9 Å². The van der Waals surface area contributed by atoms with Crippen molar-refractivity contribution in [1.82, 2.24) is 20.1 Å². The minimum absolute atomic E-state index is 0.171. The summed E-state index contributed by atoms with van der Waals surface area (Å²) in [5, 5.41) is 14.1. The van der Waals surface area contributed by atoms with E-state index in [9.17, 15) is 8.42 Å². The topological polar surface area (TPSA) is 91.3 Å². The molecule has 3 heterocycles. The van der Waals surface area contributed by atoms with Crippen LogP contribution in [0.15, 0.2) is 77.8 Å². The van der Waals surface area contributed by atoms with Gasteiger partial charge in [0.1, 0.15) is 0 Å². The maximum absolute atomic E-state index is 12.2. The van der Waals surface area contributed by atoms with Gasteiger partial charge in [0.05, 0.1) is 22.1 Å². The largest absolute Gasteiger partial charge is 0.351 e. The molecular weight excluding hydrogens is 516 g/mol. The van der Waals surface area contributed by atoms with Gasteiger partial charge in [0.15, 0.2) is 20.8 Å². The van der Waals surface area contributed by atoms with E-state index in [0.717, 1.165) is 42.0 Å². The third-order valence-electron chi connectivity index (χ3n) is 6.87. The van der Waals surface area contributed by atoms with E-state index in [1.807, 2.05) is 42.5 Å². The van der Waals surface area contributed by atoms with Crippen LogP contribution in [0.25, 0.3) is 22.2 Å². The predicted molar refractivity (Wildman–Crippen MR) is 156 cm³/mol. The number of nitrogens with one attached hydrogen (secondary N) is 1. The first kappa shape index (κ1) is 26.0. The van der Waals surface area contributed by atoms with Crippen molar-refractivity contribution in [1.29, 1.82) is 0 Å². The molecule has 10 heteroatoms. The van der Waals surface area contributed by atoms with Gasteiger partial charge in [0, 0.05) is 48.7 Å². The molecule has 2 aromatic heterocycles. The highest BCUT2D eigenvalue weighted by atomic mass is 32.2. The highest BCUT2D eigenvalue weighted by Crippen LogP contribution is 2.28. The lowest BCUT2D eigenvalue weighted by Gasteiger charge is -2.45. The fourth-order valence-electron chi connectivity index (χ4n) is 4.88. The molecular formula is C28H30N6O2S2. The van der Waals surface area contributed by atoms with E-state index < -0.39 is 9.84 Å². The number of thiocarbonyl (C=S) groups is 1. The van der Waals surface area contributed by atoms with Crippen molar-refractivity contribution in [3.8, 4) is 11.3 Å². The Hall–Kier alpha value is -3.63. The first-order valence-corrected chi connectivity index (χ1v) is 14.8. The Morgan fingerprint density at radius 3 is 2.55 bits per heavy atom. The minimum Gasteiger partial charge on any atom is -0.351 e. The highest BCUT2D eigenvalue weighted by Gasteiger charge is 2.32. The second-order valence-corrected chi connectivity index (χ2v) is 12.2. The second kappa shape index (κ2) is 10.6. The molecule has 5 rings (SSSR count). The van der Waals surface area contributed by atoms with Crippen LogP contribution >= 0.6 is 12.2 Å². The zero-order valence-electron chi connectivity index (χ0n) is 21.6. The maximum atomic E-state index is 12.2. The van der Waals surface area contributed by atoms with E-state index in [0.29, 0.717) is 22.3 Å². The van der Waals surface area contributed by atoms with Crippen LogP contribution in [-0.2, 0) is 9.84 Å². The van der Waals surface area contributed by atoms with Gasteiger partial charge >= 0.3 is 0 Å². The first-order valence-electron chi connectivity index (χ1n) is 12.5. The SMILES string of the molecule is CC(C)C1CN(c2ccc(-c3ccccc3S(C)(=O)=O)nn2)CCN1C(=S)Nc1cccc2ncccc12. The number of rotatable bonds is 5. The molecule has 196 valence electrons. The van der Waals surface area contributed by atoms with Gasteiger partial charge in [0.25, 0.3) is 0 Å². The van der Waals surface area contributed by atoms with Crippen molar-refractivity contribution in [2.24, 2.45) is 5.92 Å². The number of hydrogen-bond donors (Lipinski definition) is 1. The monoisotopic (exact) mass is 546 g/mol. The molecule has 38 heavy (non-hydrogen) atoms. The van der Waals surface area contributed by atoms with Gasteiger partial charge in [-0.25, -0.2) is 8.42 Å². The summed E-state index contributed by atoms with van der Waals surface area (Å²) in [5.74, 6) is 1.11. The number of piperazine rings is 1. The molecule has 0 radical (unpaired) electrons. The summed E-state index contributed by atoms with van der Waals surface area (Å²) >= 11 is 5.88. The van der Waals surface area contributed by atoms with Gasteiger partial charge in [-0.15, -0.1) is 10.2 Å². The molecule has 0 saturated carbocycles. The summed E-state index contributed by atoms with van der Waals surface area (Å²) < 4.78 is 24.5. The highest BCUT2D eigenvalue weighted by molar-refractivity contribution is 7.90. The van der Waals surface area contributed by atoms with E-state index in [1.54, 1.807) is 30.5 Å². The maximum Gasteiger partial charge on any atom is 0.176 e. The number of fused-ring (bicyclic) bond motifs is 1. The van der Waals surface area contributed by atoms with Crippen molar-refractivity contribution in [3.63, 3.8) is 0 Å². The number of aromatic nitrogens is 3. The van der Waals surface area contributed by atoms with Crippen molar-refractivity contribution < 1.29 is 8.42 Å². The second-order valence-electron chi connectivity index (χ2n) is 9.80. The number of sulfone groups is 1. The van der Waals surface area contributed by atoms with Crippen LogP contribution in [0.5, 0.6) is 0 Å². The fourth-order valence-corrected chi connectivity index (χ4v) is 6.11. The van der Waals surface area contributed by atoms with Gasteiger partial charge in [-0.3, -0.25) is 4.98 Å². The Balaban J connectivity index is 1.33. The van der Waals surface area contributed by atoms with Crippen LogP contribution in [-0.4, -0.2) is 65.5 Å². The van der Waals surface area contributed by atoms with E-state index in [2.05, 4.69) is 44.1 Å². The lowest BCUT2D eigenvalue weighted by atomic mass is 10.00. The third kappa shape index (κ3) is 5.32. The molecule has 0 bridgehead atoms. The number of benzene rings is 2. The van der Waals surface area contributed by atoms with Crippen LogP contribution in [0.1, 0.15) is 13.8 Å². The number of anilines is 2. The molecule has 8 nitrogen and oxygen atoms in total. The smallest absolute Gasteiger partial charge is 0.176 e. The van der Waals surface area contributed by atoms with Gasteiger partial charge in [-0.05, 0) is 60.6 Å². The number of hydrogen-bond acceptors (Lipinski definition) is 7. The molecule has 4 aromatic rings. The molecule has 1 atom stereocenters. The van der Waals surface area contributed by atoms with E-state index in [4.69, 9.17) is 12.2 Å². The summed E-state index contributed by atoms with van der Waals surface area (Å²) in [4.78, 5) is 9.17. The van der Waals surface area contributed by atoms with Crippen LogP contribution in [0.4, 0.5) is 11.5 Å². The summed E-state index contributed by atoms with van der Waals surface area (Å²) in [7, 11) is -3.38. The van der Waals surface area contributed by atoms with E-state index in [-0.39, 0.29) is 10.9 Å². The Morgan fingerprint density at radius 1 is 1.00 bits per heavy atom. The molecule has 1 aliphatic heterocycles. The summed E-state index contributed by atoms with van der Waals surface area (Å²) in [6, 6.07) is 20.8. The zero-order valence-corrected chi connectivity index (χ0v) is 23.2. The number of pyridine rings is 1. The van der Waals surface area contributed by atoms with Gasteiger partial charge in [0.2, 0.25) is 0 Å². The molecule has 1 unspecified atom stereocenters. The summed E-state index contributed by atoms with van der Waals surface area (Å²) in [6.07, 6.45) is 2.99. The van der Waals surface area contributed by atoms with Gasteiger partial charge in [-0.2, -0.15) is 0 Å². The minimum atomic E-state index is -3.38. The predicted octanol–water partition coefficient (Wildman–Crippen LogP) is 4.64. The molecule has 2 aromatic carbocycles. The molecule has 1 N–H and O–H groups in total. The van der Waals surface area contributed by atoms with Crippen molar-refractivity contribution in [2.45, 2.75) is 24.8 Å². The average molecular weight is 547 g/mol. The standard InChI is InChI=1S/C28H30N6O2S2/c1-19(2)25-18-33(27-14-13-24(31-32-27)21-8-4-5-12-26(21)38(3,35)36)16-17-34(25)28(37)30-23-11-6-10-22-20(23)9-7-15-29-22/h4-15,19,25H,16-18H2,1-3H3,(H,30,37). The van der Waals surface area contributed by atoms with Crippen LogP contribution in [0, 0.1) is 5.92 Å². The fraction of sp³-hybridized carbons (Fsp3) is 0.286. The third-order valence-corrected chi connectivity index (χ3v) is 8.36. The van der Waals surface area contributed by atoms with E-state index in [1.165, 1.54) is 6.26 Å². The number of nitrogens with zero attached hydrogens (tertiary/aromatic N) is 5. The van der Waals surface area contributed by atoms with Crippen LogP contribution < -0.4 is 10.2 Å². The Morgan fingerprint density at radius 2 is 1.82 bits per heavy atom. The summed E-state index contributed by atoms with van der Waals surface area (Å²) in [5.41, 5.74) is 2.95. The van der Waals surface area contributed by atoms with Crippen LogP contribution in [0.2, 0.25) is 0 Å². The first-order chi connectivity index (χ1) is 18.2. The zero-order chi connectivity index (χ0) is 26.9. The van der Waals surface area contributed by atoms with Crippen molar-refractivity contribution in [2.75, 3.05) is 36.1 Å². The summed E-state index contributed by atoms with van der Waals surface area (Å²) in [6.45, 7) is 6.60. The molecule has 1 saturated heterocycles. The molecule has 1 fully saturated rings. The Kier molecular flexibility index (Phi) is 7.27. The Labute approximate surface area is 228 Å². The van der Waals surface area contributed by atoms with Crippen LogP contribution in [0.3, 0.4) is 0 Å². The Bertz CT molecular complexity index is 1570. The molecule has 0 spiro atoms. The quantitative estimate of drug-likeness (QED) is 0.360. The molecule has 1 aliphatic rings.